The normalized spacial score (nSPS) is 12.3. The number of carbonyl (C=O) groups excluding carboxylic acids is 1. The van der Waals surface area contributed by atoms with E-state index < -0.39 is 13.6 Å². The summed E-state index contributed by atoms with van der Waals surface area (Å²) in [6.07, 6.45) is 1.48. The Morgan fingerprint density at radius 2 is 1.64 bits per heavy atom. The fourth-order valence-corrected chi connectivity index (χ4v) is 3.58. The van der Waals surface area contributed by atoms with Crippen molar-refractivity contribution in [1.29, 1.82) is 0 Å². The first-order valence-electron chi connectivity index (χ1n) is 7.00. The molecule has 0 aliphatic heterocycles. The predicted octanol–water partition coefficient (Wildman–Crippen LogP) is 4.62. The molecule has 0 amide bonds. The summed E-state index contributed by atoms with van der Waals surface area (Å²) in [5, 5.41) is -0.0969. The van der Waals surface area contributed by atoms with E-state index in [1.165, 1.54) is 6.08 Å². The van der Waals surface area contributed by atoms with Crippen LogP contribution < -0.4 is 0 Å². The molecule has 0 N–H and O–H groups in total. The fraction of sp³-hybridized carbons (Fsp3) is 0.400. The summed E-state index contributed by atoms with van der Waals surface area (Å²) in [5.74, 6) is -0.698. The van der Waals surface area contributed by atoms with Crippen molar-refractivity contribution in [2.24, 2.45) is 0 Å². The van der Waals surface area contributed by atoms with Gasteiger partial charge < -0.3 is 13.8 Å². The third-order valence-corrected chi connectivity index (χ3v) is 5.18. The fourth-order valence-electron chi connectivity index (χ4n) is 1.69. The van der Waals surface area contributed by atoms with E-state index in [1.54, 1.807) is 32.9 Å². The van der Waals surface area contributed by atoms with E-state index in [2.05, 4.69) is 15.9 Å². The maximum Gasteiger partial charge on any atom is 0.368 e. The van der Waals surface area contributed by atoms with Gasteiger partial charge >= 0.3 is 13.6 Å². The standard InChI is InChI=1S/C15H20BrO5P/c1-4-19-15(17)14(22(18,20-5-2)21-6-3)11-12-7-9-13(16)10-8-12/h7-11H,4-6H2,1-3H3. The Morgan fingerprint density at radius 1 is 1.09 bits per heavy atom. The van der Waals surface area contributed by atoms with Crippen molar-refractivity contribution in [2.75, 3.05) is 19.8 Å². The Kier molecular flexibility index (Phi) is 8.04. The lowest BCUT2D eigenvalue weighted by atomic mass is 10.2. The molecule has 0 radical (unpaired) electrons. The van der Waals surface area contributed by atoms with Crippen LogP contribution in [0.15, 0.2) is 34.1 Å². The lowest BCUT2D eigenvalue weighted by Gasteiger charge is -2.19. The van der Waals surface area contributed by atoms with E-state index in [-0.39, 0.29) is 25.1 Å². The molecule has 0 aliphatic carbocycles. The molecule has 0 aromatic heterocycles. The monoisotopic (exact) mass is 390 g/mol. The Labute approximate surface area is 139 Å². The summed E-state index contributed by atoms with van der Waals surface area (Å²) in [7, 11) is -3.72. The zero-order chi connectivity index (χ0) is 16.6. The summed E-state index contributed by atoms with van der Waals surface area (Å²) >= 11 is 3.34. The summed E-state index contributed by atoms with van der Waals surface area (Å²) in [6.45, 7) is 5.56. The molecule has 0 atom stereocenters. The second-order valence-electron chi connectivity index (χ2n) is 4.13. The Balaban J connectivity index is 3.29. The van der Waals surface area contributed by atoms with Gasteiger partial charge in [-0.05, 0) is 44.5 Å². The number of ether oxygens (including phenoxy) is 1. The summed E-state index contributed by atoms with van der Waals surface area (Å²) in [4.78, 5) is 12.2. The van der Waals surface area contributed by atoms with Crippen LogP contribution in [0.4, 0.5) is 0 Å². The Hall–Kier alpha value is -0.940. The maximum absolute atomic E-state index is 12.9. The first-order chi connectivity index (χ1) is 10.5. The van der Waals surface area contributed by atoms with E-state index in [0.717, 1.165) is 4.47 Å². The van der Waals surface area contributed by atoms with Crippen LogP contribution in [0.2, 0.25) is 0 Å². The minimum absolute atomic E-state index is 0.0969. The van der Waals surface area contributed by atoms with Gasteiger partial charge in [-0.25, -0.2) is 4.79 Å². The van der Waals surface area contributed by atoms with Crippen molar-refractivity contribution in [3.05, 3.63) is 39.6 Å². The second kappa shape index (κ2) is 9.26. The van der Waals surface area contributed by atoms with E-state index >= 15 is 0 Å². The first kappa shape index (κ1) is 19.1. The van der Waals surface area contributed by atoms with Crippen LogP contribution in [-0.4, -0.2) is 25.8 Å². The third-order valence-electron chi connectivity index (χ3n) is 2.55. The molecule has 0 spiro atoms. The van der Waals surface area contributed by atoms with E-state index in [4.69, 9.17) is 13.8 Å². The maximum atomic E-state index is 12.9. The topological polar surface area (TPSA) is 61.8 Å². The van der Waals surface area contributed by atoms with Gasteiger partial charge in [-0.3, -0.25) is 4.57 Å². The van der Waals surface area contributed by atoms with Crippen LogP contribution in [-0.2, 0) is 23.1 Å². The van der Waals surface area contributed by atoms with Crippen molar-refractivity contribution >= 4 is 35.6 Å². The molecule has 0 unspecified atom stereocenters. The molecule has 1 rings (SSSR count). The van der Waals surface area contributed by atoms with Crippen LogP contribution in [0.3, 0.4) is 0 Å². The largest absolute Gasteiger partial charge is 0.462 e. The minimum atomic E-state index is -3.72. The molecule has 0 bridgehead atoms. The van der Waals surface area contributed by atoms with Gasteiger partial charge in [0, 0.05) is 4.47 Å². The third kappa shape index (κ3) is 5.36. The molecule has 5 nitrogen and oxygen atoms in total. The number of benzene rings is 1. The molecule has 122 valence electrons. The average Bonchev–Trinajstić information content (AvgIpc) is 2.47. The predicted molar refractivity (Wildman–Crippen MR) is 89.6 cm³/mol. The lowest BCUT2D eigenvalue weighted by molar-refractivity contribution is -0.137. The van der Waals surface area contributed by atoms with Gasteiger partial charge in [-0.2, -0.15) is 0 Å². The molecular weight excluding hydrogens is 371 g/mol. The van der Waals surface area contributed by atoms with Crippen molar-refractivity contribution in [2.45, 2.75) is 20.8 Å². The number of esters is 1. The average molecular weight is 391 g/mol. The molecule has 0 saturated carbocycles. The molecule has 1 aromatic carbocycles. The first-order valence-corrected chi connectivity index (χ1v) is 9.34. The molecule has 0 heterocycles. The van der Waals surface area contributed by atoms with Crippen molar-refractivity contribution in [3.63, 3.8) is 0 Å². The van der Waals surface area contributed by atoms with Crippen LogP contribution in [0.5, 0.6) is 0 Å². The molecule has 1 aromatic rings. The minimum Gasteiger partial charge on any atom is -0.462 e. The number of rotatable bonds is 8. The highest BCUT2D eigenvalue weighted by molar-refractivity contribution is 9.10. The zero-order valence-electron chi connectivity index (χ0n) is 12.9. The van der Waals surface area contributed by atoms with Gasteiger partial charge in [0.1, 0.15) is 5.31 Å². The lowest BCUT2D eigenvalue weighted by Crippen LogP contribution is -2.11. The van der Waals surface area contributed by atoms with Crippen molar-refractivity contribution < 1.29 is 23.1 Å². The van der Waals surface area contributed by atoms with Gasteiger partial charge in [0.25, 0.3) is 0 Å². The summed E-state index contributed by atoms with van der Waals surface area (Å²) in [5.41, 5.74) is 0.700. The highest BCUT2D eigenvalue weighted by atomic mass is 79.9. The summed E-state index contributed by atoms with van der Waals surface area (Å²) in [6, 6.07) is 7.21. The van der Waals surface area contributed by atoms with E-state index in [0.29, 0.717) is 5.56 Å². The molecule has 0 fully saturated rings. The Bertz CT molecular complexity index is 558. The highest BCUT2D eigenvalue weighted by Crippen LogP contribution is 2.57. The smallest absolute Gasteiger partial charge is 0.368 e. The van der Waals surface area contributed by atoms with Crippen LogP contribution in [0.1, 0.15) is 26.3 Å². The number of hydrogen-bond acceptors (Lipinski definition) is 5. The van der Waals surface area contributed by atoms with Gasteiger partial charge in [0.15, 0.2) is 0 Å². The summed E-state index contributed by atoms with van der Waals surface area (Å²) < 4.78 is 29.3. The molecule has 0 saturated heterocycles. The van der Waals surface area contributed by atoms with Gasteiger partial charge in [0.05, 0.1) is 19.8 Å². The van der Waals surface area contributed by atoms with Gasteiger partial charge in [-0.1, -0.05) is 28.1 Å². The van der Waals surface area contributed by atoms with Crippen LogP contribution >= 0.6 is 23.5 Å². The van der Waals surface area contributed by atoms with E-state index in [1.807, 2.05) is 12.1 Å². The zero-order valence-corrected chi connectivity index (χ0v) is 15.4. The Morgan fingerprint density at radius 3 is 2.09 bits per heavy atom. The van der Waals surface area contributed by atoms with Crippen LogP contribution in [0, 0.1) is 0 Å². The second-order valence-corrected chi connectivity index (χ2v) is 7.04. The van der Waals surface area contributed by atoms with Crippen molar-refractivity contribution in [1.82, 2.24) is 0 Å². The molecular formula is C15H20BrO5P. The quantitative estimate of drug-likeness (QED) is 0.368. The van der Waals surface area contributed by atoms with E-state index in [9.17, 15) is 9.36 Å². The molecule has 0 aliphatic rings. The van der Waals surface area contributed by atoms with Crippen molar-refractivity contribution in [3.8, 4) is 0 Å². The van der Waals surface area contributed by atoms with Gasteiger partial charge in [0.2, 0.25) is 0 Å². The van der Waals surface area contributed by atoms with Crippen LogP contribution in [0.25, 0.3) is 6.08 Å². The van der Waals surface area contributed by atoms with Gasteiger partial charge in [-0.15, -0.1) is 0 Å². The highest BCUT2D eigenvalue weighted by Gasteiger charge is 2.35. The number of carbonyl (C=O) groups is 1. The number of hydrogen-bond donors (Lipinski definition) is 0. The SMILES string of the molecule is CCOC(=O)C(=Cc1ccc(Br)cc1)P(=O)(OCC)OCC. The molecule has 22 heavy (non-hydrogen) atoms. The molecule has 7 heteroatoms. The number of halogens is 1.